The van der Waals surface area contributed by atoms with Crippen molar-refractivity contribution in [3.63, 3.8) is 0 Å². The lowest BCUT2D eigenvalue weighted by Crippen LogP contribution is -2.29. The molecule has 3 aromatic rings. The SMILES string of the molecule is NS(=O)(=O)c1ccc2c(c1)C1OCCC1C(c1ccc(C(=O)c3ccccc3)cc1)N2. The highest BCUT2D eigenvalue weighted by molar-refractivity contribution is 7.89. The number of hydrogen-bond acceptors (Lipinski definition) is 5. The van der Waals surface area contributed by atoms with Crippen LogP contribution in [0, 0.1) is 5.92 Å². The highest BCUT2D eigenvalue weighted by Crippen LogP contribution is 2.50. The molecule has 158 valence electrons. The quantitative estimate of drug-likeness (QED) is 0.609. The average Bonchev–Trinajstić information content (AvgIpc) is 3.28. The van der Waals surface area contributed by atoms with Crippen molar-refractivity contribution in [1.29, 1.82) is 0 Å². The molecule has 2 aliphatic rings. The second-order valence-electron chi connectivity index (χ2n) is 7.98. The van der Waals surface area contributed by atoms with Crippen LogP contribution < -0.4 is 10.5 Å². The van der Waals surface area contributed by atoms with Gasteiger partial charge in [-0.05, 0) is 30.2 Å². The summed E-state index contributed by atoms with van der Waals surface area (Å²) in [6.45, 7) is 0.608. The van der Waals surface area contributed by atoms with Crippen molar-refractivity contribution in [2.45, 2.75) is 23.5 Å². The number of ketones is 1. The number of hydrogen-bond donors (Lipinski definition) is 2. The molecular weight excluding hydrogens is 412 g/mol. The van der Waals surface area contributed by atoms with E-state index in [1.807, 2.05) is 54.6 Å². The molecular formula is C24H22N2O4S. The number of sulfonamides is 1. The molecule has 0 saturated carbocycles. The fourth-order valence-electron chi connectivity index (χ4n) is 4.56. The van der Waals surface area contributed by atoms with Gasteiger partial charge in [-0.2, -0.15) is 0 Å². The van der Waals surface area contributed by atoms with Gasteiger partial charge in [-0.3, -0.25) is 4.79 Å². The van der Waals surface area contributed by atoms with E-state index in [2.05, 4.69) is 5.32 Å². The molecule has 2 aliphatic heterocycles. The van der Waals surface area contributed by atoms with Gasteiger partial charge in [0, 0.05) is 34.9 Å². The maximum Gasteiger partial charge on any atom is 0.238 e. The predicted molar refractivity (Wildman–Crippen MR) is 117 cm³/mol. The van der Waals surface area contributed by atoms with E-state index >= 15 is 0 Å². The standard InChI is InChI=1S/C24H22N2O4S/c25-31(28,29)18-10-11-21-20(14-18)24-19(12-13-30-24)22(26-21)15-6-8-17(9-7-15)23(27)16-4-2-1-3-5-16/h1-11,14,19,22,24,26H,12-13H2,(H2,25,28,29). The summed E-state index contributed by atoms with van der Waals surface area (Å²) in [4.78, 5) is 12.8. The van der Waals surface area contributed by atoms with Gasteiger partial charge in [0.25, 0.3) is 0 Å². The normalized spacial score (nSPS) is 22.3. The van der Waals surface area contributed by atoms with Crippen molar-refractivity contribution in [2.24, 2.45) is 11.1 Å². The molecule has 0 amide bonds. The van der Waals surface area contributed by atoms with Gasteiger partial charge in [-0.25, -0.2) is 13.6 Å². The molecule has 6 nitrogen and oxygen atoms in total. The maximum absolute atomic E-state index is 12.7. The van der Waals surface area contributed by atoms with E-state index in [9.17, 15) is 13.2 Å². The fraction of sp³-hybridized carbons (Fsp3) is 0.208. The third kappa shape index (κ3) is 3.65. The summed E-state index contributed by atoms with van der Waals surface area (Å²) in [6, 6.07) is 21.8. The van der Waals surface area contributed by atoms with Crippen LogP contribution >= 0.6 is 0 Å². The molecule has 2 heterocycles. The second-order valence-corrected chi connectivity index (χ2v) is 9.54. The Morgan fingerprint density at radius 2 is 1.68 bits per heavy atom. The van der Waals surface area contributed by atoms with E-state index in [1.54, 1.807) is 12.1 Å². The Bertz CT molecular complexity index is 1240. The van der Waals surface area contributed by atoms with Gasteiger partial charge in [0.2, 0.25) is 10.0 Å². The van der Waals surface area contributed by atoms with Crippen LogP contribution in [0.25, 0.3) is 0 Å². The van der Waals surface area contributed by atoms with E-state index < -0.39 is 10.0 Å². The number of anilines is 1. The van der Waals surface area contributed by atoms with Crippen molar-refractivity contribution < 1.29 is 17.9 Å². The fourth-order valence-corrected chi connectivity index (χ4v) is 5.10. The Labute approximate surface area is 181 Å². The van der Waals surface area contributed by atoms with Crippen LogP contribution in [0.15, 0.2) is 77.7 Å². The van der Waals surface area contributed by atoms with Crippen molar-refractivity contribution in [3.8, 4) is 0 Å². The molecule has 0 aromatic heterocycles. The highest BCUT2D eigenvalue weighted by atomic mass is 32.2. The van der Waals surface area contributed by atoms with Gasteiger partial charge in [0.1, 0.15) is 0 Å². The van der Waals surface area contributed by atoms with Gasteiger partial charge in [0.15, 0.2) is 5.78 Å². The van der Waals surface area contributed by atoms with E-state index in [-0.39, 0.29) is 28.7 Å². The van der Waals surface area contributed by atoms with Crippen LogP contribution in [0.3, 0.4) is 0 Å². The van der Waals surface area contributed by atoms with Crippen LogP contribution in [0.1, 0.15) is 45.6 Å². The zero-order valence-electron chi connectivity index (χ0n) is 16.7. The molecule has 0 radical (unpaired) electrons. The lowest BCUT2D eigenvalue weighted by atomic mass is 9.81. The minimum Gasteiger partial charge on any atom is -0.378 e. The second kappa shape index (κ2) is 7.60. The Morgan fingerprint density at radius 3 is 2.39 bits per heavy atom. The van der Waals surface area contributed by atoms with Gasteiger partial charge < -0.3 is 10.1 Å². The first-order valence-electron chi connectivity index (χ1n) is 10.2. The average molecular weight is 435 g/mol. The lowest BCUT2D eigenvalue weighted by Gasteiger charge is -2.36. The maximum atomic E-state index is 12.7. The number of rotatable bonds is 4. The van der Waals surface area contributed by atoms with Gasteiger partial charge in [-0.1, -0.05) is 54.6 Å². The first-order chi connectivity index (χ1) is 14.9. The molecule has 7 heteroatoms. The predicted octanol–water partition coefficient (Wildman–Crippen LogP) is 3.81. The minimum absolute atomic E-state index is 0.00112. The molecule has 5 rings (SSSR count). The molecule has 3 atom stereocenters. The summed E-state index contributed by atoms with van der Waals surface area (Å²) in [5, 5.41) is 8.85. The summed E-state index contributed by atoms with van der Waals surface area (Å²) in [5.41, 5.74) is 4.02. The summed E-state index contributed by atoms with van der Waals surface area (Å²) in [7, 11) is -3.78. The zero-order valence-corrected chi connectivity index (χ0v) is 17.5. The Morgan fingerprint density at radius 1 is 0.968 bits per heavy atom. The first kappa shape index (κ1) is 19.9. The topological polar surface area (TPSA) is 98.5 Å². The molecule has 1 saturated heterocycles. The van der Waals surface area contributed by atoms with Crippen molar-refractivity contribution in [3.05, 3.63) is 95.1 Å². The van der Waals surface area contributed by atoms with Gasteiger partial charge in [0.05, 0.1) is 17.0 Å². The van der Waals surface area contributed by atoms with Crippen molar-refractivity contribution >= 4 is 21.5 Å². The van der Waals surface area contributed by atoms with Gasteiger partial charge in [-0.15, -0.1) is 0 Å². The van der Waals surface area contributed by atoms with Crippen LogP contribution in [-0.4, -0.2) is 20.8 Å². The van der Waals surface area contributed by atoms with Crippen LogP contribution in [0.5, 0.6) is 0 Å². The number of carbonyl (C=O) groups excluding carboxylic acids is 1. The molecule has 0 bridgehead atoms. The Hall–Kier alpha value is -3.00. The minimum atomic E-state index is -3.78. The summed E-state index contributed by atoms with van der Waals surface area (Å²) < 4.78 is 29.5. The molecule has 3 unspecified atom stereocenters. The van der Waals surface area contributed by atoms with E-state index in [1.165, 1.54) is 6.07 Å². The Balaban J connectivity index is 1.46. The summed E-state index contributed by atoms with van der Waals surface area (Å²) in [6.07, 6.45) is 0.653. The molecule has 0 spiro atoms. The molecule has 1 fully saturated rings. The number of benzene rings is 3. The molecule has 3 aromatic carbocycles. The number of fused-ring (bicyclic) bond motifs is 3. The third-order valence-corrected chi connectivity index (χ3v) is 7.01. The zero-order chi connectivity index (χ0) is 21.6. The number of primary sulfonamides is 1. The largest absolute Gasteiger partial charge is 0.378 e. The number of carbonyl (C=O) groups is 1. The van der Waals surface area contributed by atoms with Crippen LogP contribution in [0.2, 0.25) is 0 Å². The van der Waals surface area contributed by atoms with Crippen LogP contribution in [0.4, 0.5) is 5.69 Å². The smallest absolute Gasteiger partial charge is 0.238 e. The number of nitrogens with one attached hydrogen (secondary N) is 1. The number of nitrogens with two attached hydrogens (primary N) is 1. The van der Waals surface area contributed by atoms with Crippen molar-refractivity contribution in [1.82, 2.24) is 0 Å². The highest BCUT2D eigenvalue weighted by Gasteiger charge is 2.41. The lowest BCUT2D eigenvalue weighted by molar-refractivity contribution is 0.0827. The van der Waals surface area contributed by atoms with Crippen molar-refractivity contribution in [2.75, 3.05) is 11.9 Å². The molecule has 0 aliphatic carbocycles. The molecule has 31 heavy (non-hydrogen) atoms. The number of ether oxygens (including phenoxy) is 1. The summed E-state index contributed by atoms with van der Waals surface area (Å²) >= 11 is 0. The molecule has 3 N–H and O–H groups in total. The Kier molecular flexibility index (Phi) is 4.89. The van der Waals surface area contributed by atoms with E-state index in [4.69, 9.17) is 9.88 Å². The first-order valence-corrected chi connectivity index (χ1v) is 11.7. The monoisotopic (exact) mass is 434 g/mol. The van der Waals surface area contributed by atoms with E-state index in [0.29, 0.717) is 17.7 Å². The van der Waals surface area contributed by atoms with Gasteiger partial charge >= 0.3 is 0 Å². The van der Waals surface area contributed by atoms with E-state index in [0.717, 1.165) is 23.2 Å². The third-order valence-electron chi connectivity index (χ3n) is 6.10. The summed E-state index contributed by atoms with van der Waals surface area (Å²) in [5.74, 6) is 0.144. The van der Waals surface area contributed by atoms with Crippen LogP contribution in [-0.2, 0) is 14.8 Å².